The van der Waals surface area contributed by atoms with Crippen molar-refractivity contribution >= 4 is 0 Å². The molecule has 0 aromatic heterocycles. The molecule has 0 bridgehead atoms. The van der Waals surface area contributed by atoms with E-state index in [-0.39, 0.29) is 6.23 Å². The molecule has 1 saturated heterocycles. The van der Waals surface area contributed by atoms with Crippen LogP contribution >= 0.6 is 0 Å². The highest BCUT2D eigenvalue weighted by atomic mass is 16.3. The van der Waals surface area contributed by atoms with Gasteiger partial charge in [0.1, 0.15) is 6.23 Å². The molecular formula is C12H24N2O. The average Bonchev–Trinajstić information content (AvgIpc) is 2.30. The molecule has 1 saturated carbocycles. The topological polar surface area (TPSA) is 26.7 Å². The van der Waals surface area contributed by atoms with Crippen LogP contribution in [0.5, 0.6) is 0 Å². The van der Waals surface area contributed by atoms with E-state index in [9.17, 15) is 5.11 Å². The van der Waals surface area contributed by atoms with Crippen LogP contribution in [0, 0.1) is 0 Å². The van der Waals surface area contributed by atoms with E-state index in [1.54, 1.807) is 0 Å². The molecule has 1 unspecified atom stereocenters. The zero-order valence-electron chi connectivity index (χ0n) is 9.86. The maximum atomic E-state index is 9.48. The lowest BCUT2D eigenvalue weighted by Crippen LogP contribution is -2.52. The molecule has 3 heteroatoms. The number of rotatable bonds is 2. The third-order valence-corrected chi connectivity index (χ3v) is 3.97. The van der Waals surface area contributed by atoms with E-state index in [1.807, 2.05) is 6.92 Å². The Bertz CT molecular complexity index is 182. The predicted octanol–water partition coefficient (Wildman–Crippen LogP) is 1.27. The Hall–Kier alpha value is -0.120. The van der Waals surface area contributed by atoms with Crippen molar-refractivity contribution in [1.29, 1.82) is 0 Å². The van der Waals surface area contributed by atoms with Gasteiger partial charge in [-0.15, -0.1) is 0 Å². The molecule has 3 nitrogen and oxygen atoms in total. The molecule has 1 aliphatic heterocycles. The fourth-order valence-electron chi connectivity index (χ4n) is 2.92. The Morgan fingerprint density at radius 2 is 1.60 bits per heavy atom. The van der Waals surface area contributed by atoms with Crippen molar-refractivity contribution in [3.8, 4) is 0 Å². The van der Waals surface area contributed by atoms with Crippen LogP contribution in [0.15, 0.2) is 0 Å². The minimum atomic E-state index is -0.265. The summed E-state index contributed by atoms with van der Waals surface area (Å²) in [4.78, 5) is 4.80. The third kappa shape index (κ3) is 2.92. The van der Waals surface area contributed by atoms with Gasteiger partial charge in [0.05, 0.1) is 0 Å². The molecule has 0 amide bonds. The molecule has 2 fully saturated rings. The summed E-state index contributed by atoms with van der Waals surface area (Å²) < 4.78 is 0. The van der Waals surface area contributed by atoms with Gasteiger partial charge in [-0.1, -0.05) is 19.3 Å². The van der Waals surface area contributed by atoms with Gasteiger partial charge in [-0.3, -0.25) is 9.80 Å². The van der Waals surface area contributed by atoms with Crippen molar-refractivity contribution in [1.82, 2.24) is 9.80 Å². The van der Waals surface area contributed by atoms with Crippen molar-refractivity contribution < 1.29 is 5.11 Å². The van der Waals surface area contributed by atoms with E-state index >= 15 is 0 Å². The summed E-state index contributed by atoms with van der Waals surface area (Å²) in [6.07, 6.45) is 6.80. The van der Waals surface area contributed by atoms with Gasteiger partial charge in [-0.2, -0.15) is 0 Å². The van der Waals surface area contributed by atoms with E-state index in [0.29, 0.717) is 0 Å². The molecule has 15 heavy (non-hydrogen) atoms. The Labute approximate surface area is 93.1 Å². The van der Waals surface area contributed by atoms with Gasteiger partial charge in [0, 0.05) is 32.2 Å². The molecule has 1 aliphatic carbocycles. The summed E-state index contributed by atoms with van der Waals surface area (Å²) in [7, 11) is 0. The van der Waals surface area contributed by atoms with Gasteiger partial charge in [0.2, 0.25) is 0 Å². The van der Waals surface area contributed by atoms with Crippen molar-refractivity contribution in [2.75, 3.05) is 26.2 Å². The van der Waals surface area contributed by atoms with Crippen LogP contribution in [0.1, 0.15) is 39.0 Å². The fraction of sp³-hybridized carbons (Fsp3) is 1.00. The van der Waals surface area contributed by atoms with Crippen LogP contribution in [-0.4, -0.2) is 53.4 Å². The number of hydrogen-bond acceptors (Lipinski definition) is 3. The lowest BCUT2D eigenvalue weighted by atomic mass is 9.94. The van der Waals surface area contributed by atoms with Crippen LogP contribution in [0.25, 0.3) is 0 Å². The van der Waals surface area contributed by atoms with Crippen molar-refractivity contribution in [3.63, 3.8) is 0 Å². The van der Waals surface area contributed by atoms with Gasteiger partial charge in [-0.05, 0) is 19.8 Å². The number of nitrogens with zero attached hydrogens (tertiary/aromatic N) is 2. The molecule has 2 aliphatic rings. The standard InChI is InChI=1S/C12H24N2O/c1-11(15)13-7-9-14(10-8-13)12-5-3-2-4-6-12/h11-12,15H,2-10H2,1H3. The Balaban J connectivity index is 1.77. The zero-order valence-corrected chi connectivity index (χ0v) is 9.86. The van der Waals surface area contributed by atoms with Gasteiger partial charge in [0.25, 0.3) is 0 Å². The lowest BCUT2D eigenvalue weighted by Gasteiger charge is -2.41. The molecule has 0 spiro atoms. The number of aliphatic hydroxyl groups is 1. The molecule has 2 rings (SSSR count). The molecule has 1 heterocycles. The highest BCUT2D eigenvalue weighted by molar-refractivity contribution is 4.80. The maximum absolute atomic E-state index is 9.48. The summed E-state index contributed by atoms with van der Waals surface area (Å²) in [5.41, 5.74) is 0. The van der Waals surface area contributed by atoms with E-state index in [1.165, 1.54) is 32.1 Å². The van der Waals surface area contributed by atoms with E-state index in [0.717, 1.165) is 32.2 Å². The Kier molecular flexibility index (Phi) is 4.00. The quantitative estimate of drug-likeness (QED) is 0.747. The van der Waals surface area contributed by atoms with E-state index in [4.69, 9.17) is 0 Å². The minimum Gasteiger partial charge on any atom is -0.379 e. The SMILES string of the molecule is CC(O)N1CCN(C2CCCCC2)CC1. The number of aliphatic hydroxyl groups excluding tert-OH is 1. The Morgan fingerprint density at radius 1 is 1.00 bits per heavy atom. The third-order valence-electron chi connectivity index (χ3n) is 3.97. The van der Waals surface area contributed by atoms with Crippen molar-refractivity contribution in [2.24, 2.45) is 0 Å². The zero-order chi connectivity index (χ0) is 10.7. The second kappa shape index (κ2) is 5.28. The van der Waals surface area contributed by atoms with Gasteiger partial charge < -0.3 is 5.11 Å². The number of hydrogen-bond donors (Lipinski definition) is 1. The summed E-state index contributed by atoms with van der Waals surface area (Å²) >= 11 is 0. The first kappa shape index (κ1) is 11.4. The minimum absolute atomic E-state index is 0.265. The molecular weight excluding hydrogens is 188 g/mol. The maximum Gasteiger partial charge on any atom is 0.104 e. The van der Waals surface area contributed by atoms with E-state index < -0.39 is 0 Å². The van der Waals surface area contributed by atoms with Crippen LogP contribution in [-0.2, 0) is 0 Å². The molecule has 1 N–H and O–H groups in total. The van der Waals surface area contributed by atoms with Crippen molar-refractivity contribution in [3.05, 3.63) is 0 Å². The van der Waals surface area contributed by atoms with Gasteiger partial charge in [-0.25, -0.2) is 0 Å². The van der Waals surface area contributed by atoms with Crippen molar-refractivity contribution in [2.45, 2.75) is 51.3 Å². The van der Waals surface area contributed by atoms with Crippen LogP contribution < -0.4 is 0 Å². The van der Waals surface area contributed by atoms with E-state index in [2.05, 4.69) is 9.80 Å². The summed E-state index contributed by atoms with van der Waals surface area (Å²) in [5.74, 6) is 0. The summed E-state index contributed by atoms with van der Waals surface area (Å²) in [6.45, 7) is 6.24. The molecule has 1 atom stereocenters. The second-order valence-corrected chi connectivity index (χ2v) is 5.00. The molecule has 0 aromatic carbocycles. The first-order valence-corrected chi connectivity index (χ1v) is 6.43. The highest BCUT2D eigenvalue weighted by Gasteiger charge is 2.25. The van der Waals surface area contributed by atoms with Gasteiger partial charge in [0.15, 0.2) is 0 Å². The normalized spacial score (nSPS) is 29.2. The van der Waals surface area contributed by atoms with Crippen LogP contribution in [0.3, 0.4) is 0 Å². The molecule has 0 radical (unpaired) electrons. The Morgan fingerprint density at radius 3 is 2.13 bits per heavy atom. The number of piperazine rings is 1. The second-order valence-electron chi connectivity index (χ2n) is 5.00. The monoisotopic (exact) mass is 212 g/mol. The summed E-state index contributed by atoms with van der Waals surface area (Å²) in [5, 5.41) is 9.48. The highest BCUT2D eigenvalue weighted by Crippen LogP contribution is 2.23. The largest absolute Gasteiger partial charge is 0.379 e. The summed E-state index contributed by atoms with van der Waals surface area (Å²) in [6, 6.07) is 0.842. The van der Waals surface area contributed by atoms with Gasteiger partial charge >= 0.3 is 0 Å². The smallest absolute Gasteiger partial charge is 0.104 e. The lowest BCUT2D eigenvalue weighted by molar-refractivity contribution is -0.0243. The first-order valence-electron chi connectivity index (χ1n) is 6.43. The van der Waals surface area contributed by atoms with Crippen LogP contribution in [0.2, 0.25) is 0 Å². The molecule has 0 aromatic rings. The van der Waals surface area contributed by atoms with Crippen LogP contribution in [0.4, 0.5) is 0 Å². The fourth-order valence-corrected chi connectivity index (χ4v) is 2.92. The first-order chi connectivity index (χ1) is 7.27. The predicted molar refractivity (Wildman–Crippen MR) is 61.7 cm³/mol. The molecule has 88 valence electrons. The average molecular weight is 212 g/mol.